The number of benzene rings is 1. The molecule has 8 nitrogen and oxygen atoms in total. The molecule has 1 aliphatic rings. The fourth-order valence-electron chi connectivity index (χ4n) is 3.71. The minimum absolute atomic E-state index is 0.0198. The fourth-order valence-corrected chi connectivity index (χ4v) is 3.92. The predicted octanol–water partition coefficient (Wildman–Crippen LogP) is 4.79. The minimum atomic E-state index is -0.533. The van der Waals surface area contributed by atoms with E-state index in [1.54, 1.807) is 17.0 Å². The van der Waals surface area contributed by atoms with Crippen molar-refractivity contribution in [3.05, 3.63) is 52.6 Å². The zero-order valence-electron chi connectivity index (χ0n) is 18.7. The number of anilines is 1. The number of urea groups is 1. The van der Waals surface area contributed by atoms with Crippen LogP contribution in [0.1, 0.15) is 52.0 Å². The molecule has 9 heteroatoms. The molecule has 2 N–H and O–H groups in total. The standard InChI is InChI=1S/C23H30BrN5O3/c1-23(2,3)32-22(31)26-17-9-11-18(12-10-17)29(20-14-13-19(24)27-28-20)21(30)25-15-16-7-5-4-6-8-16/h4-8,13-14,17-18H,9-12,15H2,1-3H3,(H,25,30)(H,26,31)/t17-,18-. The molecule has 172 valence electrons. The first-order valence-electron chi connectivity index (χ1n) is 10.8. The maximum absolute atomic E-state index is 13.2. The molecule has 1 aromatic heterocycles. The molecule has 0 saturated heterocycles. The van der Waals surface area contributed by atoms with Gasteiger partial charge in [-0.1, -0.05) is 30.3 Å². The first-order chi connectivity index (χ1) is 15.2. The minimum Gasteiger partial charge on any atom is -0.444 e. The quantitative estimate of drug-likeness (QED) is 0.611. The highest BCUT2D eigenvalue weighted by Crippen LogP contribution is 2.27. The molecular formula is C23H30BrN5O3. The Morgan fingerprint density at radius 3 is 2.34 bits per heavy atom. The number of hydrogen-bond donors (Lipinski definition) is 2. The summed E-state index contributed by atoms with van der Waals surface area (Å²) in [6.07, 6.45) is 2.55. The number of amides is 3. The number of nitrogens with one attached hydrogen (secondary N) is 2. The Labute approximate surface area is 197 Å². The molecule has 0 bridgehead atoms. The first-order valence-corrected chi connectivity index (χ1v) is 11.6. The van der Waals surface area contributed by atoms with Gasteiger partial charge in [-0.15, -0.1) is 10.2 Å². The molecule has 1 saturated carbocycles. The van der Waals surface area contributed by atoms with Crippen LogP contribution in [0.5, 0.6) is 0 Å². The second-order valence-corrected chi connectivity index (χ2v) is 9.69. The number of hydrogen-bond acceptors (Lipinski definition) is 5. The van der Waals surface area contributed by atoms with Gasteiger partial charge in [-0.2, -0.15) is 0 Å². The van der Waals surface area contributed by atoms with Gasteiger partial charge in [0.05, 0.1) is 0 Å². The van der Waals surface area contributed by atoms with Crippen LogP contribution < -0.4 is 15.5 Å². The predicted molar refractivity (Wildman–Crippen MR) is 126 cm³/mol. The Morgan fingerprint density at radius 2 is 1.75 bits per heavy atom. The molecule has 1 aromatic carbocycles. The third-order valence-corrected chi connectivity index (χ3v) is 5.58. The fraction of sp³-hybridized carbons (Fsp3) is 0.478. The van der Waals surface area contributed by atoms with E-state index in [4.69, 9.17) is 4.74 Å². The first kappa shape index (κ1) is 24.0. The third-order valence-electron chi connectivity index (χ3n) is 5.15. The summed E-state index contributed by atoms with van der Waals surface area (Å²) in [5.41, 5.74) is 0.489. The second kappa shape index (κ2) is 10.8. The number of ether oxygens (including phenoxy) is 1. The molecule has 2 aromatic rings. The summed E-state index contributed by atoms with van der Waals surface area (Å²) in [6.45, 7) is 5.95. The van der Waals surface area contributed by atoms with Crippen LogP contribution in [-0.4, -0.2) is 40.0 Å². The van der Waals surface area contributed by atoms with Crippen molar-refractivity contribution in [3.8, 4) is 0 Å². The number of halogens is 1. The van der Waals surface area contributed by atoms with Gasteiger partial charge >= 0.3 is 12.1 Å². The summed E-state index contributed by atoms with van der Waals surface area (Å²) in [4.78, 5) is 26.9. The molecule has 1 fully saturated rings. The van der Waals surface area contributed by atoms with E-state index >= 15 is 0 Å². The molecule has 0 spiro atoms. The summed E-state index contributed by atoms with van der Waals surface area (Å²) in [7, 11) is 0. The maximum atomic E-state index is 13.2. The largest absolute Gasteiger partial charge is 0.444 e. The number of carbonyl (C=O) groups excluding carboxylic acids is 2. The highest BCUT2D eigenvalue weighted by Gasteiger charge is 2.32. The molecule has 0 atom stereocenters. The zero-order valence-corrected chi connectivity index (χ0v) is 20.3. The van der Waals surface area contributed by atoms with Gasteiger partial charge in [-0.25, -0.2) is 9.59 Å². The molecule has 3 amide bonds. The van der Waals surface area contributed by atoms with Crippen molar-refractivity contribution in [2.24, 2.45) is 0 Å². The topological polar surface area (TPSA) is 96.5 Å². The van der Waals surface area contributed by atoms with Gasteiger partial charge in [-0.05, 0) is 80.1 Å². The summed E-state index contributed by atoms with van der Waals surface area (Å²) in [5, 5.41) is 14.2. The van der Waals surface area contributed by atoms with Crippen LogP contribution in [0.25, 0.3) is 0 Å². The van der Waals surface area contributed by atoms with Gasteiger partial charge in [0.2, 0.25) is 0 Å². The van der Waals surface area contributed by atoms with E-state index in [0.29, 0.717) is 17.0 Å². The van der Waals surface area contributed by atoms with E-state index in [1.807, 2.05) is 51.1 Å². The highest BCUT2D eigenvalue weighted by atomic mass is 79.9. The summed E-state index contributed by atoms with van der Waals surface area (Å²) < 4.78 is 5.97. The van der Waals surface area contributed by atoms with Crippen LogP contribution in [0.4, 0.5) is 15.4 Å². The average molecular weight is 504 g/mol. The Kier molecular flexibility index (Phi) is 8.06. The third kappa shape index (κ3) is 7.19. The number of carbonyl (C=O) groups is 2. The van der Waals surface area contributed by atoms with Crippen molar-refractivity contribution in [3.63, 3.8) is 0 Å². The molecule has 1 aliphatic carbocycles. The number of alkyl carbamates (subject to hydrolysis) is 1. The van der Waals surface area contributed by atoms with Crippen LogP contribution in [-0.2, 0) is 11.3 Å². The van der Waals surface area contributed by atoms with Crippen LogP contribution in [0.3, 0.4) is 0 Å². The van der Waals surface area contributed by atoms with Crippen molar-refractivity contribution in [1.29, 1.82) is 0 Å². The lowest BCUT2D eigenvalue weighted by Gasteiger charge is -2.36. The lowest BCUT2D eigenvalue weighted by molar-refractivity contribution is 0.0491. The van der Waals surface area contributed by atoms with E-state index in [0.717, 1.165) is 31.2 Å². The Hall–Kier alpha value is -2.68. The molecular weight excluding hydrogens is 474 g/mol. The van der Waals surface area contributed by atoms with Crippen molar-refractivity contribution in [2.45, 2.75) is 70.7 Å². The normalized spacial score (nSPS) is 18.5. The molecule has 32 heavy (non-hydrogen) atoms. The van der Waals surface area contributed by atoms with Gasteiger partial charge in [0.1, 0.15) is 10.2 Å². The van der Waals surface area contributed by atoms with Crippen LogP contribution in [0.2, 0.25) is 0 Å². The van der Waals surface area contributed by atoms with Gasteiger partial charge < -0.3 is 15.4 Å². The SMILES string of the molecule is CC(C)(C)OC(=O)N[C@H]1CC[C@H](N(C(=O)NCc2ccccc2)c2ccc(Br)nn2)CC1. The van der Waals surface area contributed by atoms with Gasteiger partial charge in [0, 0.05) is 18.6 Å². The molecule has 0 unspecified atom stereocenters. The number of rotatable bonds is 5. The van der Waals surface area contributed by atoms with Gasteiger partial charge in [0.15, 0.2) is 5.82 Å². The Bertz CT molecular complexity index is 894. The second-order valence-electron chi connectivity index (χ2n) is 8.88. The summed E-state index contributed by atoms with van der Waals surface area (Å²) >= 11 is 3.30. The molecule has 0 radical (unpaired) electrons. The lowest BCUT2D eigenvalue weighted by atomic mass is 9.90. The maximum Gasteiger partial charge on any atom is 0.407 e. The van der Waals surface area contributed by atoms with E-state index in [-0.39, 0.29) is 18.1 Å². The van der Waals surface area contributed by atoms with Gasteiger partial charge in [0.25, 0.3) is 0 Å². The van der Waals surface area contributed by atoms with Crippen molar-refractivity contribution in [2.75, 3.05) is 4.90 Å². The number of nitrogens with zero attached hydrogens (tertiary/aromatic N) is 3. The lowest BCUT2D eigenvalue weighted by Crippen LogP contribution is -2.50. The van der Waals surface area contributed by atoms with Crippen LogP contribution in [0, 0.1) is 0 Å². The highest BCUT2D eigenvalue weighted by molar-refractivity contribution is 9.10. The van der Waals surface area contributed by atoms with E-state index in [1.165, 1.54) is 0 Å². The zero-order chi connectivity index (χ0) is 23.1. The smallest absolute Gasteiger partial charge is 0.407 e. The Balaban J connectivity index is 1.64. The van der Waals surface area contributed by atoms with Crippen molar-refractivity contribution in [1.82, 2.24) is 20.8 Å². The molecule has 3 rings (SSSR count). The average Bonchev–Trinajstić information content (AvgIpc) is 2.74. The van der Waals surface area contributed by atoms with Crippen molar-refractivity contribution < 1.29 is 14.3 Å². The van der Waals surface area contributed by atoms with E-state index in [2.05, 4.69) is 36.8 Å². The van der Waals surface area contributed by atoms with Crippen LogP contribution in [0.15, 0.2) is 47.1 Å². The Morgan fingerprint density at radius 1 is 1.06 bits per heavy atom. The van der Waals surface area contributed by atoms with Crippen molar-refractivity contribution >= 4 is 33.9 Å². The number of aromatic nitrogens is 2. The monoisotopic (exact) mass is 503 g/mol. The summed E-state index contributed by atoms with van der Waals surface area (Å²) in [5.74, 6) is 0.502. The molecule has 0 aliphatic heterocycles. The summed E-state index contributed by atoms with van der Waals surface area (Å²) in [6, 6.07) is 13.1. The van der Waals surface area contributed by atoms with E-state index < -0.39 is 11.7 Å². The van der Waals surface area contributed by atoms with Crippen LogP contribution >= 0.6 is 15.9 Å². The molecule has 1 heterocycles. The van der Waals surface area contributed by atoms with E-state index in [9.17, 15) is 9.59 Å². The van der Waals surface area contributed by atoms with Gasteiger partial charge in [-0.3, -0.25) is 4.90 Å².